The summed E-state index contributed by atoms with van der Waals surface area (Å²) in [7, 11) is 0. The van der Waals surface area contributed by atoms with Crippen LogP contribution < -0.4 is 10.6 Å². The highest BCUT2D eigenvalue weighted by molar-refractivity contribution is 5.84. The van der Waals surface area contributed by atoms with Crippen LogP contribution >= 0.6 is 0 Å². The minimum absolute atomic E-state index is 0.168. The fourth-order valence-electron chi connectivity index (χ4n) is 2.08. The third-order valence-corrected chi connectivity index (χ3v) is 2.99. The van der Waals surface area contributed by atoms with Crippen molar-refractivity contribution in [3.05, 3.63) is 35.5 Å². The van der Waals surface area contributed by atoms with Gasteiger partial charge in [-0.15, -0.1) is 0 Å². The SMILES string of the molecule is O=C(O)c1nc2c(c(Nc3cc[nH]c3)n1)CNCC2. The van der Waals surface area contributed by atoms with Gasteiger partial charge in [-0.05, 0) is 6.07 Å². The number of aromatic carboxylic acids is 1. The zero-order valence-corrected chi connectivity index (χ0v) is 10.1. The van der Waals surface area contributed by atoms with Gasteiger partial charge in [0.15, 0.2) is 0 Å². The molecule has 0 saturated carbocycles. The average Bonchev–Trinajstić information content (AvgIpc) is 2.91. The van der Waals surface area contributed by atoms with Gasteiger partial charge in [0.25, 0.3) is 0 Å². The highest BCUT2D eigenvalue weighted by atomic mass is 16.4. The summed E-state index contributed by atoms with van der Waals surface area (Å²) >= 11 is 0. The normalized spacial score (nSPS) is 13.9. The van der Waals surface area contributed by atoms with Crippen molar-refractivity contribution in [1.82, 2.24) is 20.3 Å². The number of carboxylic acid groups (broad SMARTS) is 1. The molecule has 3 rings (SSSR count). The van der Waals surface area contributed by atoms with E-state index in [1.807, 2.05) is 6.07 Å². The maximum Gasteiger partial charge on any atom is 0.374 e. The average molecular weight is 259 g/mol. The van der Waals surface area contributed by atoms with E-state index in [2.05, 4.69) is 25.6 Å². The number of aromatic nitrogens is 3. The summed E-state index contributed by atoms with van der Waals surface area (Å²) in [4.78, 5) is 22.2. The minimum Gasteiger partial charge on any atom is -0.475 e. The molecule has 0 bridgehead atoms. The molecular weight excluding hydrogens is 246 g/mol. The molecular formula is C12H13N5O2. The van der Waals surface area contributed by atoms with Crippen LogP contribution in [0.5, 0.6) is 0 Å². The summed E-state index contributed by atoms with van der Waals surface area (Å²) in [6.45, 7) is 1.44. The highest BCUT2D eigenvalue weighted by Crippen LogP contribution is 2.23. The first kappa shape index (κ1) is 11.7. The minimum atomic E-state index is -1.11. The molecule has 0 fully saturated rings. The number of fused-ring (bicyclic) bond motifs is 1. The first-order chi connectivity index (χ1) is 9.24. The van der Waals surface area contributed by atoms with Gasteiger partial charge in [0.2, 0.25) is 5.82 Å². The molecule has 1 aliphatic rings. The van der Waals surface area contributed by atoms with Crippen molar-refractivity contribution in [2.75, 3.05) is 11.9 Å². The summed E-state index contributed by atoms with van der Waals surface area (Å²) in [6, 6.07) is 1.85. The van der Waals surface area contributed by atoms with Crippen molar-refractivity contribution < 1.29 is 9.90 Å². The second-order valence-electron chi connectivity index (χ2n) is 4.28. The molecule has 0 aromatic carbocycles. The quantitative estimate of drug-likeness (QED) is 0.653. The molecule has 7 heteroatoms. The zero-order chi connectivity index (χ0) is 13.2. The molecule has 3 heterocycles. The number of carbonyl (C=O) groups is 1. The van der Waals surface area contributed by atoms with Crippen LogP contribution in [0.25, 0.3) is 0 Å². The van der Waals surface area contributed by atoms with Gasteiger partial charge in [0, 0.05) is 37.5 Å². The fraction of sp³-hybridized carbons (Fsp3) is 0.250. The maximum atomic E-state index is 11.1. The van der Waals surface area contributed by atoms with E-state index >= 15 is 0 Å². The predicted octanol–water partition coefficient (Wildman–Crippen LogP) is 0.892. The lowest BCUT2D eigenvalue weighted by Crippen LogP contribution is -2.27. The molecule has 1 aliphatic heterocycles. The lowest BCUT2D eigenvalue weighted by molar-refractivity contribution is 0.0683. The third kappa shape index (κ3) is 2.27. The molecule has 0 unspecified atom stereocenters. The Labute approximate surface area is 109 Å². The Morgan fingerprint density at radius 3 is 3.05 bits per heavy atom. The number of hydrogen-bond acceptors (Lipinski definition) is 5. The number of H-pyrrole nitrogens is 1. The lowest BCUT2D eigenvalue weighted by Gasteiger charge is -2.19. The van der Waals surface area contributed by atoms with Crippen molar-refractivity contribution in [2.24, 2.45) is 0 Å². The smallest absolute Gasteiger partial charge is 0.374 e. The van der Waals surface area contributed by atoms with Crippen LogP contribution in [0.4, 0.5) is 11.5 Å². The summed E-state index contributed by atoms with van der Waals surface area (Å²) in [6.07, 6.45) is 4.28. The molecule has 0 radical (unpaired) electrons. The Morgan fingerprint density at radius 1 is 1.42 bits per heavy atom. The van der Waals surface area contributed by atoms with Gasteiger partial charge in [-0.1, -0.05) is 0 Å². The van der Waals surface area contributed by atoms with Crippen LogP contribution in [0.1, 0.15) is 21.9 Å². The van der Waals surface area contributed by atoms with Crippen molar-refractivity contribution >= 4 is 17.5 Å². The second kappa shape index (κ2) is 4.69. The van der Waals surface area contributed by atoms with Crippen LogP contribution in [0, 0.1) is 0 Å². The Morgan fingerprint density at radius 2 is 2.32 bits per heavy atom. The van der Waals surface area contributed by atoms with E-state index in [1.165, 1.54) is 0 Å². The largest absolute Gasteiger partial charge is 0.475 e. The topological polar surface area (TPSA) is 103 Å². The molecule has 2 aromatic rings. The van der Waals surface area contributed by atoms with Crippen molar-refractivity contribution in [3.8, 4) is 0 Å². The van der Waals surface area contributed by atoms with Gasteiger partial charge < -0.3 is 20.7 Å². The number of nitrogens with one attached hydrogen (secondary N) is 3. The first-order valence-corrected chi connectivity index (χ1v) is 5.97. The van der Waals surface area contributed by atoms with Crippen LogP contribution in [-0.4, -0.2) is 32.6 Å². The number of nitrogens with zero attached hydrogens (tertiary/aromatic N) is 2. The molecule has 0 spiro atoms. The maximum absolute atomic E-state index is 11.1. The van der Waals surface area contributed by atoms with E-state index in [-0.39, 0.29) is 5.82 Å². The molecule has 0 atom stereocenters. The van der Waals surface area contributed by atoms with E-state index in [9.17, 15) is 4.79 Å². The van der Waals surface area contributed by atoms with Gasteiger partial charge in [-0.2, -0.15) is 0 Å². The van der Waals surface area contributed by atoms with Gasteiger partial charge in [-0.25, -0.2) is 14.8 Å². The number of rotatable bonds is 3. The molecule has 4 N–H and O–H groups in total. The van der Waals surface area contributed by atoms with Crippen LogP contribution in [0.2, 0.25) is 0 Å². The lowest BCUT2D eigenvalue weighted by atomic mass is 10.1. The number of anilines is 2. The van der Waals surface area contributed by atoms with Gasteiger partial charge in [0.05, 0.1) is 11.4 Å². The monoisotopic (exact) mass is 259 g/mol. The van der Waals surface area contributed by atoms with E-state index in [0.717, 1.165) is 23.5 Å². The van der Waals surface area contributed by atoms with Gasteiger partial charge >= 0.3 is 5.97 Å². The standard InChI is InChI=1S/C12H13N5O2/c18-12(19)11-16-9-2-4-14-6-8(9)10(17-11)15-7-1-3-13-5-7/h1,3,5,13-14H,2,4,6H2,(H,18,19)(H,15,16,17). The molecule has 2 aromatic heterocycles. The molecule has 98 valence electrons. The molecule has 0 saturated heterocycles. The Hall–Kier alpha value is -2.41. The van der Waals surface area contributed by atoms with Crippen LogP contribution in [0.15, 0.2) is 18.5 Å². The molecule has 19 heavy (non-hydrogen) atoms. The number of aromatic amines is 1. The first-order valence-electron chi connectivity index (χ1n) is 5.97. The van der Waals surface area contributed by atoms with E-state index < -0.39 is 5.97 Å². The van der Waals surface area contributed by atoms with E-state index in [1.54, 1.807) is 12.4 Å². The van der Waals surface area contributed by atoms with E-state index in [0.29, 0.717) is 18.8 Å². The van der Waals surface area contributed by atoms with Crippen molar-refractivity contribution in [3.63, 3.8) is 0 Å². The predicted molar refractivity (Wildman–Crippen MR) is 68.5 cm³/mol. The Balaban J connectivity index is 2.05. The highest BCUT2D eigenvalue weighted by Gasteiger charge is 2.20. The molecule has 0 aliphatic carbocycles. The third-order valence-electron chi connectivity index (χ3n) is 2.99. The zero-order valence-electron chi connectivity index (χ0n) is 10.1. The Bertz CT molecular complexity index is 609. The van der Waals surface area contributed by atoms with Gasteiger partial charge in [-0.3, -0.25) is 0 Å². The van der Waals surface area contributed by atoms with E-state index in [4.69, 9.17) is 5.11 Å². The summed E-state index contributed by atoms with van der Waals surface area (Å²) in [5, 5.41) is 15.4. The number of hydrogen-bond donors (Lipinski definition) is 4. The molecule has 7 nitrogen and oxygen atoms in total. The van der Waals surface area contributed by atoms with Crippen LogP contribution in [0.3, 0.4) is 0 Å². The second-order valence-corrected chi connectivity index (χ2v) is 4.28. The van der Waals surface area contributed by atoms with Crippen LogP contribution in [-0.2, 0) is 13.0 Å². The summed E-state index contributed by atoms with van der Waals surface area (Å²) in [5.74, 6) is -0.730. The van der Waals surface area contributed by atoms with Gasteiger partial charge in [0.1, 0.15) is 5.82 Å². The summed E-state index contributed by atoms with van der Waals surface area (Å²) in [5.41, 5.74) is 2.56. The molecule has 0 amide bonds. The summed E-state index contributed by atoms with van der Waals surface area (Å²) < 4.78 is 0. The number of carboxylic acids is 1. The fourth-order valence-corrected chi connectivity index (χ4v) is 2.08. The Kier molecular flexibility index (Phi) is 2.88. The van der Waals surface area contributed by atoms with Crippen molar-refractivity contribution in [2.45, 2.75) is 13.0 Å². The van der Waals surface area contributed by atoms with Crippen molar-refractivity contribution in [1.29, 1.82) is 0 Å².